The molecule has 3 aliphatic rings. The van der Waals surface area contributed by atoms with E-state index in [4.69, 9.17) is 4.52 Å². The second kappa shape index (κ2) is 9.27. The van der Waals surface area contributed by atoms with E-state index in [1.807, 2.05) is 19.9 Å². The summed E-state index contributed by atoms with van der Waals surface area (Å²) in [6, 6.07) is 1.90. The molecule has 4 atom stereocenters. The third-order valence-corrected chi connectivity index (χ3v) is 5.90. The van der Waals surface area contributed by atoms with Crippen molar-refractivity contribution in [2.24, 2.45) is 28.7 Å². The fraction of sp³-hybridized carbons (Fsp3) is 0.600. The molecule has 158 valence electrons. The van der Waals surface area contributed by atoms with Crippen LogP contribution in [0.15, 0.2) is 27.7 Å². The van der Waals surface area contributed by atoms with Gasteiger partial charge < -0.3 is 15.2 Å². The number of aryl methyl sites for hydroxylation is 1. The van der Waals surface area contributed by atoms with Crippen LogP contribution in [0, 0.1) is 23.7 Å². The van der Waals surface area contributed by atoms with Crippen LogP contribution in [0.2, 0.25) is 0 Å². The van der Waals surface area contributed by atoms with Crippen LogP contribution < -0.4 is 10.6 Å². The Morgan fingerprint density at radius 3 is 2.48 bits per heavy atom. The van der Waals surface area contributed by atoms with Crippen LogP contribution in [0.3, 0.4) is 0 Å². The average Bonchev–Trinajstić information content (AvgIpc) is 3.46. The minimum atomic E-state index is -0.136. The number of aliphatic imine (C=N–C) groups is 1. The minimum Gasteiger partial charge on any atom is -0.359 e. The van der Waals surface area contributed by atoms with Crippen molar-refractivity contribution >= 4 is 41.8 Å². The number of nitrogens with zero attached hydrogens (tertiary/aromatic N) is 3. The number of guanidine groups is 1. The highest BCUT2D eigenvalue weighted by Crippen LogP contribution is 2.52. The fourth-order valence-electron chi connectivity index (χ4n) is 4.57. The van der Waals surface area contributed by atoms with Gasteiger partial charge in [-0.3, -0.25) is 14.5 Å². The molecule has 2 amide bonds. The number of carbonyl (C=O) groups excluding carboxylic acids is 2. The van der Waals surface area contributed by atoms with Crippen molar-refractivity contribution < 1.29 is 14.1 Å². The van der Waals surface area contributed by atoms with Gasteiger partial charge in [-0.2, -0.15) is 0 Å². The molecule has 4 rings (SSSR count). The summed E-state index contributed by atoms with van der Waals surface area (Å²) in [6.07, 6.45) is 6.00. The zero-order chi connectivity index (χ0) is 19.7. The van der Waals surface area contributed by atoms with Gasteiger partial charge in [-0.15, -0.1) is 24.0 Å². The topological polar surface area (TPSA) is 99.8 Å². The molecule has 0 spiro atoms. The smallest absolute Gasteiger partial charge is 0.233 e. The Bertz CT molecular complexity index is 791. The van der Waals surface area contributed by atoms with Crippen LogP contribution >= 0.6 is 24.0 Å². The fourth-order valence-corrected chi connectivity index (χ4v) is 4.57. The van der Waals surface area contributed by atoms with Gasteiger partial charge >= 0.3 is 0 Å². The molecule has 1 aromatic heterocycles. The van der Waals surface area contributed by atoms with Crippen LogP contribution in [0.4, 0.5) is 0 Å². The highest BCUT2D eigenvalue weighted by Gasteiger charge is 2.58. The van der Waals surface area contributed by atoms with Gasteiger partial charge in [0, 0.05) is 25.7 Å². The predicted molar refractivity (Wildman–Crippen MR) is 119 cm³/mol. The first-order chi connectivity index (χ1) is 13.6. The minimum absolute atomic E-state index is 0. The van der Waals surface area contributed by atoms with Crippen LogP contribution in [0.5, 0.6) is 0 Å². The normalized spacial score (nSPS) is 27.4. The molecule has 2 aliphatic carbocycles. The highest BCUT2D eigenvalue weighted by molar-refractivity contribution is 14.0. The van der Waals surface area contributed by atoms with E-state index in [9.17, 15) is 9.59 Å². The van der Waals surface area contributed by atoms with Crippen molar-refractivity contribution in [3.63, 3.8) is 0 Å². The second-order valence-corrected chi connectivity index (χ2v) is 7.59. The number of fused-ring (bicyclic) bond motifs is 5. The third kappa shape index (κ3) is 4.19. The monoisotopic (exact) mass is 513 g/mol. The molecule has 2 heterocycles. The molecule has 29 heavy (non-hydrogen) atoms. The number of likely N-dealkylation sites (tertiary alicyclic amines) is 1. The lowest BCUT2D eigenvalue weighted by Crippen LogP contribution is -2.43. The van der Waals surface area contributed by atoms with Gasteiger partial charge in [0.05, 0.1) is 17.5 Å². The summed E-state index contributed by atoms with van der Waals surface area (Å²) in [6.45, 7) is 5.91. The number of aromatic nitrogens is 1. The lowest BCUT2D eigenvalue weighted by molar-refractivity contribution is -0.140. The highest BCUT2D eigenvalue weighted by atomic mass is 127. The van der Waals surface area contributed by atoms with Crippen molar-refractivity contribution in [2.75, 3.05) is 19.6 Å². The van der Waals surface area contributed by atoms with Crippen LogP contribution in [-0.4, -0.2) is 47.5 Å². The van der Waals surface area contributed by atoms with Crippen LogP contribution in [0.1, 0.15) is 31.7 Å². The maximum Gasteiger partial charge on any atom is 0.233 e. The second-order valence-electron chi connectivity index (χ2n) is 7.59. The molecule has 8 nitrogen and oxygen atoms in total. The van der Waals surface area contributed by atoms with Crippen molar-refractivity contribution in [3.05, 3.63) is 29.7 Å². The molecule has 1 saturated carbocycles. The van der Waals surface area contributed by atoms with E-state index in [1.165, 1.54) is 4.90 Å². The Balaban J connectivity index is 0.00000240. The van der Waals surface area contributed by atoms with E-state index in [1.54, 1.807) is 0 Å². The Kier molecular flexibility index (Phi) is 6.97. The molecule has 4 unspecified atom stereocenters. The van der Waals surface area contributed by atoms with Crippen LogP contribution in [-0.2, 0) is 22.6 Å². The number of imide groups is 1. The zero-order valence-electron chi connectivity index (χ0n) is 16.8. The number of amides is 2. The Labute approximate surface area is 187 Å². The van der Waals surface area contributed by atoms with Crippen molar-refractivity contribution in [2.45, 2.75) is 33.2 Å². The first kappa shape index (κ1) is 21.8. The number of rotatable bonds is 7. The zero-order valence-corrected chi connectivity index (χ0v) is 19.1. The molecular formula is C20H28IN5O3. The van der Waals surface area contributed by atoms with Gasteiger partial charge in [-0.1, -0.05) is 24.2 Å². The number of hydrogen-bond donors (Lipinski definition) is 2. The molecule has 1 aromatic rings. The summed E-state index contributed by atoms with van der Waals surface area (Å²) in [5, 5.41) is 10.3. The SMILES string of the molecule is CCNC(=NCc1cc(CC)no1)NCCN1C(=O)C2C3C=CC(C3)C2C1=O.I. The quantitative estimate of drug-likeness (QED) is 0.190. The molecular weight excluding hydrogens is 485 g/mol. The summed E-state index contributed by atoms with van der Waals surface area (Å²) in [5.74, 6) is 1.53. The van der Waals surface area contributed by atoms with Crippen molar-refractivity contribution in [1.82, 2.24) is 20.7 Å². The molecule has 9 heteroatoms. The lowest BCUT2D eigenvalue weighted by Gasteiger charge is -2.18. The average molecular weight is 513 g/mol. The third-order valence-electron chi connectivity index (χ3n) is 5.90. The summed E-state index contributed by atoms with van der Waals surface area (Å²) in [5.41, 5.74) is 0.906. The number of nitrogens with one attached hydrogen (secondary N) is 2. The maximum absolute atomic E-state index is 12.7. The van der Waals surface area contributed by atoms with Gasteiger partial charge in [0.1, 0.15) is 6.54 Å². The van der Waals surface area contributed by atoms with Gasteiger partial charge in [0.25, 0.3) is 0 Å². The van der Waals surface area contributed by atoms with Gasteiger partial charge in [-0.05, 0) is 31.6 Å². The van der Waals surface area contributed by atoms with E-state index >= 15 is 0 Å². The maximum atomic E-state index is 12.7. The number of hydrogen-bond acceptors (Lipinski definition) is 5. The lowest BCUT2D eigenvalue weighted by atomic mass is 9.85. The Hall–Kier alpha value is -1.91. The van der Waals surface area contributed by atoms with Crippen molar-refractivity contribution in [3.8, 4) is 0 Å². The largest absolute Gasteiger partial charge is 0.359 e. The van der Waals surface area contributed by atoms with Gasteiger partial charge in [0.15, 0.2) is 11.7 Å². The van der Waals surface area contributed by atoms with E-state index < -0.39 is 0 Å². The molecule has 2 fully saturated rings. The van der Waals surface area contributed by atoms with Crippen LogP contribution in [0.25, 0.3) is 0 Å². The molecule has 2 bridgehead atoms. The number of allylic oxidation sites excluding steroid dienone is 2. The van der Waals surface area contributed by atoms with Gasteiger partial charge in [0.2, 0.25) is 11.8 Å². The summed E-state index contributed by atoms with van der Waals surface area (Å²) in [7, 11) is 0. The standard InChI is InChI=1S/C20H27N5O3.HI/c1-3-14-10-15(28-24-14)11-23-20(21-4-2)22-7-8-25-18(26)16-12-5-6-13(9-12)17(16)19(25)27;/h5-6,10,12-13,16-17H,3-4,7-9,11H2,1-2H3,(H2,21,22,23);1H. The van der Waals surface area contributed by atoms with E-state index in [-0.39, 0.29) is 59.5 Å². The molecule has 0 aromatic carbocycles. The first-order valence-electron chi connectivity index (χ1n) is 10.1. The first-order valence-corrected chi connectivity index (χ1v) is 10.1. The summed E-state index contributed by atoms with van der Waals surface area (Å²) in [4.78, 5) is 31.3. The van der Waals surface area contributed by atoms with E-state index in [2.05, 4.69) is 32.9 Å². The number of halogens is 1. The summed E-state index contributed by atoms with van der Waals surface area (Å²) >= 11 is 0. The Morgan fingerprint density at radius 1 is 1.21 bits per heavy atom. The molecule has 1 saturated heterocycles. The molecule has 2 N–H and O–H groups in total. The van der Waals surface area contributed by atoms with E-state index in [0.29, 0.717) is 37.9 Å². The number of carbonyl (C=O) groups is 2. The molecule has 1 aliphatic heterocycles. The Morgan fingerprint density at radius 2 is 1.90 bits per heavy atom. The van der Waals surface area contributed by atoms with E-state index in [0.717, 1.165) is 18.5 Å². The summed E-state index contributed by atoms with van der Waals surface area (Å²) < 4.78 is 5.25. The van der Waals surface area contributed by atoms with Gasteiger partial charge in [-0.25, -0.2) is 4.99 Å². The predicted octanol–water partition coefficient (Wildman–Crippen LogP) is 1.72. The van der Waals surface area contributed by atoms with Crippen molar-refractivity contribution in [1.29, 1.82) is 0 Å². The molecule has 0 radical (unpaired) electrons.